The molecular weight excluding hydrogens is 438 g/mol. The van der Waals surface area contributed by atoms with Gasteiger partial charge < -0.3 is 10.6 Å². The zero-order chi connectivity index (χ0) is 22.5. The maximum Gasteiger partial charge on any atom is 0.278 e. The number of benzene rings is 2. The summed E-state index contributed by atoms with van der Waals surface area (Å²) in [4.78, 5) is 39.3. The van der Waals surface area contributed by atoms with E-state index in [1.54, 1.807) is 43.3 Å². The van der Waals surface area contributed by atoms with Crippen molar-refractivity contribution < 1.29 is 9.59 Å². The summed E-state index contributed by atoms with van der Waals surface area (Å²) >= 11 is 6.92. The first-order valence-electron chi connectivity index (χ1n) is 9.32. The Bertz CT molecular complexity index is 1180. The molecule has 0 unspecified atom stereocenters. The van der Waals surface area contributed by atoms with Gasteiger partial charge in [-0.05, 0) is 43.7 Å². The number of H-pyrrole nitrogens is 1. The number of nitrogens with zero attached hydrogens (tertiary/aromatic N) is 2. The van der Waals surface area contributed by atoms with Gasteiger partial charge in [-0.2, -0.15) is 0 Å². The zero-order valence-corrected chi connectivity index (χ0v) is 18.6. The number of thioether (sulfide) groups is 1. The number of para-hydroxylation sites is 1. The van der Waals surface area contributed by atoms with Gasteiger partial charge >= 0.3 is 0 Å². The van der Waals surface area contributed by atoms with Crippen molar-refractivity contribution in [3.05, 3.63) is 63.4 Å². The second-order valence-electron chi connectivity index (χ2n) is 6.74. The minimum absolute atomic E-state index is 0.0788. The second kappa shape index (κ2) is 9.76. The van der Waals surface area contributed by atoms with Crippen LogP contribution in [0.1, 0.15) is 19.4 Å². The lowest BCUT2D eigenvalue weighted by Gasteiger charge is -2.13. The van der Waals surface area contributed by atoms with Crippen molar-refractivity contribution in [3.63, 3.8) is 0 Å². The van der Waals surface area contributed by atoms with Gasteiger partial charge in [0.05, 0.1) is 10.9 Å². The summed E-state index contributed by atoms with van der Waals surface area (Å²) in [7, 11) is 0. The van der Waals surface area contributed by atoms with Crippen LogP contribution in [-0.2, 0) is 9.59 Å². The predicted molar refractivity (Wildman–Crippen MR) is 123 cm³/mol. The van der Waals surface area contributed by atoms with E-state index in [-0.39, 0.29) is 22.7 Å². The topological polar surface area (TPSA) is 117 Å². The number of nitrogens with one attached hydrogen (secondary N) is 3. The maximum absolute atomic E-state index is 12.7. The van der Waals surface area contributed by atoms with Gasteiger partial charge in [0.15, 0.2) is 10.9 Å². The molecule has 2 aromatic carbocycles. The summed E-state index contributed by atoms with van der Waals surface area (Å²) in [5, 5.41) is 13.9. The first kappa shape index (κ1) is 22.5. The molecule has 0 aliphatic carbocycles. The Hall–Kier alpha value is -3.17. The highest BCUT2D eigenvalue weighted by Crippen LogP contribution is 2.28. The number of aromatic amines is 1. The Morgan fingerprint density at radius 1 is 1.10 bits per heavy atom. The summed E-state index contributed by atoms with van der Waals surface area (Å²) in [6, 6.07) is 12.0. The molecule has 0 saturated heterocycles. The van der Waals surface area contributed by atoms with Gasteiger partial charge in [0.2, 0.25) is 11.8 Å². The highest BCUT2D eigenvalue weighted by atomic mass is 35.5. The molecule has 0 aliphatic rings. The third kappa shape index (κ3) is 5.71. The molecule has 3 rings (SSSR count). The van der Waals surface area contributed by atoms with Crippen LogP contribution in [0.5, 0.6) is 0 Å². The van der Waals surface area contributed by atoms with Gasteiger partial charge in [-0.15, -0.1) is 10.2 Å². The zero-order valence-electron chi connectivity index (χ0n) is 17.0. The van der Waals surface area contributed by atoms with Gasteiger partial charge in [-0.1, -0.05) is 41.6 Å². The van der Waals surface area contributed by atoms with Crippen LogP contribution in [-0.4, -0.2) is 32.2 Å². The van der Waals surface area contributed by atoms with Crippen LogP contribution in [0.15, 0.2) is 52.4 Å². The maximum atomic E-state index is 12.7. The Morgan fingerprint density at radius 3 is 2.45 bits per heavy atom. The molecular formula is C21H20ClN5O3S. The van der Waals surface area contributed by atoms with E-state index >= 15 is 0 Å². The number of halogens is 1. The van der Waals surface area contributed by atoms with E-state index in [1.807, 2.05) is 13.0 Å². The lowest BCUT2D eigenvalue weighted by molar-refractivity contribution is -0.115. The fourth-order valence-corrected chi connectivity index (χ4v) is 3.62. The number of amides is 2. The van der Waals surface area contributed by atoms with E-state index in [0.29, 0.717) is 22.0 Å². The van der Waals surface area contributed by atoms with Crippen LogP contribution >= 0.6 is 23.4 Å². The molecule has 0 aliphatic heterocycles. The first-order chi connectivity index (χ1) is 14.7. The van der Waals surface area contributed by atoms with E-state index < -0.39 is 10.8 Å². The molecule has 10 heteroatoms. The van der Waals surface area contributed by atoms with Crippen molar-refractivity contribution in [2.24, 2.45) is 0 Å². The lowest BCUT2D eigenvalue weighted by Crippen LogP contribution is -2.23. The highest BCUT2D eigenvalue weighted by molar-refractivity contribution is 8.00. The summed E-state index contributed by atoms with van der Waals surface area (Å²) < 4.78 is 0. The van der Waals surface area contributed by atoms with Gasteiger partial charge in [-0.25, -0.2) is 0 Å². The number of carbonyl (C=O) groups excluding carboxylic acids is 2. The largest absolute Gasteiger partial charge is 0.325 e. The monoisotopic (exact) mass is 457 g/mol. The lowest BCUT2D eigenvalue weighted by atomic mass is 10.1. The molecule has 3 N–H and O–H groups in total. The fraction of sp³-hybridized carbons (Fsp3) is 0.190. The van der Waals surface area contributed by atoms with Crippen LogP contribution < -0.4 is 16.2 Å². The molecule has 0 radical (unpaired) electrons. The molecule has 2 amide bonds. The smallest absolute Gasteiger partial charge is 0.278 e. The van der Waals surface area contributed by atoms with Crippen molar-refractivity contribution in [1.29, 1.82) is 0 Å². The number of hydrogen-bond donors (Lipinski definition) is 3. The number of aromatic nitrogens is 3. The molecule has 8 nitrogen and oxygen atoms in total. The van der Waals surface area contributed by atoms with Crippen molar-refractivity contribution in [2.45, 2.75) is 31.2 Å². The Kier molecular flexibility index (Phi) is 7.09. The molecule has 0 fully saturated rings. The molecule has 1 atom stereocenters. The second-order valence-corrected chi connectivity index (χ2v) is 8.51. The number of hydrogen-bond acceptors (Lipinski definition) is 6. The van der Waals surface area contributed by atoms with Gasteiger partial charge in [0, 0.05) is 23.2 Å². The molecule has 1 aromatic heterocycles. The van der Waals surface area contributed by atoms with E-state index in [2.05, 4.69) is 25.8 Å². The van der Waals surface area contributed by atoms with Crippen LogP contribution in [0.2, 0.25) is 5.02 Å². The van der Waals surface area contributed by atoms with Crippen molar-refractivity contribution in [2.75, 3.05) is 10.6 Å². The van der Waals surface area contributed by atoms with E-state index in [9.17, 15) is 14.4 Å². The van der Waals surface area contributed by atoms with Crippen molar-refractivity contribution >= 4 is 46.6 Å². The third-order valence-electron chi connectivity index (χ3n) is 4.27. The number of aryl methyl sites for hydroxylation is 1. The number of anilines is 2. The Morgan fingerprint density at radius 2 is 1.81 bits per heavy atom. The average molecular weight is 458 g/mol. The summed E-state index contributed by atoms with van der Waals surface area (Å²) in [6.45, 7) is 4.91. The van der Waals surface area contributed by atoms with E-state index in [1.165, 1.54) is 6.92 Å². The number of rotatable bonds is 6. The normalized spacial score (nSPS) is 11.6. The van der Waals surface area contributed by atoms with Gasteiger partial charge in [0.25, 0.3) is 5.56 Å². The van der Waals surface area contributed by atoms with Crippen molar-refractivity contribution in [1.82, 2.24) is 15.2 Å². The van der Waals surface area contributed by atoms with Crippen LogP contribution in [0, 0.1) is 6.92 Å². The summed E-state index contributed by atoms with van der Waals surface area (Å²) in [6.07, 6.45) is 0. The molecule has 3 aromatic rings. The first-order valence-corrected chi connectivity index (χ1v) is 10.6. The molecule has 31 heavy (non-hydrogen) atoms. The highest BCUT2D eigenvalue weighted by Gasteiger charge is 2.19. The Labute approximate surface area is 187 Å². The summed E-state index contributed by atoms with van der Waals surface area (Å²) in [5.41, 5.74) is 1.98. The SMILES string of the molecule is CC(=O)Nc1c(C)cccc1-c1nnc(S[C@H](C)C(=O)Nc2ccc(Cl)cc2)[nH]c1=O. The van der Waals surface area contributed by atoms with E-state index in [4.69, 9.17) is 11.6 Å². The fourth-order valence-electron chi connectivity index (χ4n) is 2.76. The summed E-state index contributed by atoms with van der Waals surface area (Å²) in [5.74, 6) is -0.515. The van der Waals surface area contributed by atoms with E-state index in [0.717, 1.165) is 17.3 Å². The van der Waals surface area contributed by atoms with Gasteiger partial charge in [-0.3, -0.25) is 19.4 Å². The third-order valence-corrected chi connectivity index (χ3v) is 5.50. The van der Waals surface area contributed by atoms with Crippen LogP contribution in [0.4, 0.5) is 11.4 Å². The van der Waals surface area contributed by atoms with Crippen LogP contribution in [0.3, 0.4) is 0 Å². The van der Waals surface area contributed by atoms with Gasteiger partial charge in [0.1, 0.15) is 0 Å². The molecule has 0 bridgehead atoms. The molecule has 0 spiro atoms. The predicted octanol–water partition coefficient (Wildman–Crippen LogP) is 3.87. The van der Waals surface area contributed by atoms with Crippen LogP contribution in [0.25, 0.3) is 11.3 Å². The molecule has 0 saturated carbocycles. The average Bonchev–Trinajstić information content (AvgIpc) is 2.71. The Balaban J connectivity index is 1.78. The quantitative estimate of drug-likeness (QED) is 0.484. The number of carbonyl (C=O) groups is 2. The molecule has 1 heterocycles. The minimum atomic E-state index is -0.541. The molecule has 160 valence electrons. The standard InChI is InChI=1S/C21H20ClN5O3S/c1-11-5-4-6-16(17(11)23-13(3)28)18-20(30)25-21(27-26-18)31-12(2)19(29)24-15-9-7-14(22)8-10-15/h4-10,12H,1-3H3,(H,23,28)(H,24,29)(H,25,27,30)/t12-/m1/s1. The minimum Gasteiger partial charge on any atom is -0.325 e. The van der Waals surface area contributed by atoms with Crippen molar-refractivity contribution in [3.8, 4) is 11.3 Å².